The van der Waals surface area contributed by atoms with E-state index in [9.17, 15) is 27.1 Å². The molecule has 0 unspecified atom stereocenters. The number of carboxylic acids is 1. The van der Waals surface area contributed by atoms with E-state index in [1.54, 1.807) is 24.3 Å². The number of alkyl halides is 3. The van der Waals surface area contributed by atoms with Crippen molar-refractivity contribution < 1.29 is 40.6 Å². The molecule has 1 saturated carbocycles. The molecular formula is C29H26ClF3N4O6S. The first kappa shape index (κ1) is 29.1. The molecule has 15 heteroatoms. The molecule has 3 aromatic heterocycles. The summed E-state index contributed by atoms with van der Waals surface area (Å²) in [5.41, 5.74) is -1.57. The Bertz CT molecular complexity index is 1920. The lowest BCUT2D eigenvalue weighted by atomic mass is 9.73. The number of carbonyl (C=O) groups is 1. The number of carboxylic acid groups (broad SMARTS) is 1. The Morgan fingerprint density at radius 1 is 1.20 bits per heavy atom. The van der Waals surface area contributed by atoms with E-state index in [2.05, 4.69) is 15.0 Å². The highest BCUT2D eigenvalue weighted by molar-refractivity contribution is 7.92. The standard InChI is InChI=1S/C29H26ClF3N4O6S/c30-15-10-18(29(33)8-9-44(40,41)28(14-29)6-3-7-28)26(34-12-15)42-16-11-19(27(38)39)37(13-16)25-22-21(35-24(36-25)23(31)32)17-4-1-2-5-20(17)43-22/h1-2,4-5,10,12,16,19,23H,3,6-9,11,13-14H2,(H,38,39)/t16-,19-,29-/m0/s1. The van der Waals surface area contributed by atoms with Crippen molar-refractivity contribution in [3.8, 4) is 5.88 Å². The topological polar surface area (TPSA) is 136 Å². The van der Waals surface area contributed by atoms with Crippen LogP contribution in [0.15, 0.2) is 40.9 Å². The summed E-state index contributed by atoms with van der Waals surface area (Å²) in [7, 11) is -3.48. The summed E-state index contributed by atoms with van der Waals surface area (Å²) in [5.74, 6) is -2.64. The highest BCUT2D eigenvalue weighted by atomic mass is 35.5. The van der Waals surface area contributed by atoms with Gasteiger partial charge in [0.1, 0.15) is 28.9 Å². The van der Waals surface area contributed by atoms with Crippen molar-refractivity contribution in [1.29, 1.82) is 0 Å². The van der Waals surface area contributed by atoms with Crippen LogP contribution in [0.2, 0.25) is 5.02 Å². The Morgan fingerprint density at radius 2 is 1.98 bits per heavy atom. The van der Waals surface area contributed by atoms with Gasteiger partial charge in [0.25, 0.3) is 6.43 Å². The Morgan fingerprint density at radius 3 is 2.68 bits per heavy atom. The van der Waals surface area contributed by atoms with Crippen LogP contribution in [0.4, 0.5) is 19.0 Å². The first-order valence-electron chi connectivity index (χ1n) is 14.1. The van der Waals surface area contributed by atoms with Gasteiger partial charge in [-0.15, -0.1) is 0 Å². The van der Waals surface area contributed by atoms with E-state index in [0.717, 1.165) is 0 Å². The van der Waals surface area contributed by atoms with Crippen molar-refractivity contribution in [3.05, 3.63) is 52.9 Å². The average Bonchev–Trinajstić information content (AvgIpc) is 3.56. The number of halogens is 4. The van der Waals surface area contributed by atoms with Crippen LogP contribution in [-0.2, 0) is 20.3 Å². The lowest BCUT2D eigenvalue weighted by molar-refractivity contribution is -0.138. The van der Waals surface area contributed by atoms with E-state index in [0.29, 0.717) is 30.2 Å². The third-order valence-electron chi connectivity index (χ3n) is 9.11. The zero-order valence-corrected chi connectivity index (χ0v) is 24.6. The molecule has 3 fully saturated rings. The zero-order chi connectivity index (χ0) is 31.0. The largest absolute Gasteiger partial charge is 0.480 e. The molecule has 232 valence electrons. The van der Waals surface area contributed by atoms with Gasteiger partial charge in [-0.2, -0.15) is 0 Å². The smallest absolute Gasteiger partial charge is 0.326 e. The second-order valence-electron chi connectivity index (χ2n) is 11.7. The number of ether oxygens (including phenoxy) is 1. The predicted octanol–water partition coefficient (Wildman–Crippen LogP) is 5.77. The van der Waals surface area contributed by atoms with Gasteiger partial charge in [-0.3, -0.25) is 0 Å². The van der Waals surface area contributed by atoms with E-state index in [4.69, 9.17) is 20.8 Å². The molecule has 7 rings (SSSR count). The number of furan rings is 1. The molecule has 4 aromatic rings. The van der Waals surface area contributed by atoms with Crippen LogP contribution in [0.1, 0.15) is 56.3 Å². The van der Waals surface area contributed by atoms with Crippen LogP contribution in [0.3, 0.4) is 0 Å². The Labute approximate surface area is 254 Å². The molecule has 3 atom stereocenters. The van der Waals surface area contributed by atoms with E-state index < -0.39 is 50.6 Å². The van der Waals surface area contributed by atoms with Crippen molar-refractivity contribution in [2.75, 3.05) is 17.2 Å². The number of benzene rings is 1. The maximum Gasteiger partial charge on any atom is 0.326 e. The number of rotatable bonds is 6. The maximum absolute atomic E-state index is 16.8. The number of aliphatic carboxylic acids is 1. The third-order valence-corrected chi connectivity index (χ3v) is 11.9. The highest BCUT2D eigenvalue weighted by Gasteiger charge is 2.58. The van der Waals surface area contributed by atoms with Crippen LogP contribution in [0.5, 0.6) is 5.88 Å². The van der Waals surface area contributed by atoms with Gasteiger partial charge >= 0.3 is 5.97 Å². The molecule has 2 saturated heterocycles. The maximum atomic E-state index is 16.8. The number of hydrogen-bond donors (Lipinski definition) is 1. The fourth-order valence-corrected chi connectivity index (χ4v) is 9.29. The van der Waals surface area contributed by atoms with Crippen LogP contribution >= 0.6 is 11.6 Å². The lowest BCUT2D eigenvalue weighted by Crippen LogP contribution is -2.54. The molecule has 10 nitrogen and oxygen atoms in total. The minimum atomic E-state index is -3.48. The van der Waals surface area contributed by atoms with E-state index in [1.807, 2.05) is 0 Å². The molecule has 0 bridgehead atoms. The number of aromatic nitrogens is 3. The summed E-state index contributed by atoms with van der Waals surface area (Å²) in [4.78, 5) is 26.0. The number of pyridine rings is 1. The summed E-state index contributed by atoms with van der Waals surface area (Å²) in [5, 5.41) is 10.7. The van der Waals surface area contributed by atoms with Crippen molar-refractivity contribution in [1.82, 2.24) is 15.0 Å². The van der Waals surface area contributed by atoms with Crippen molar-refractivity contribution in [2.24, 2.45) is 0 Å². The number of nitrogens with zero attached hydrogens (tertiary/aromatic N) is 4. The van der Waals surface area contributed by atoms with Crippen LogP contribution in [0, 0.1) is 0 Å². The Hall–Kier alpha value is -3.65. The van der Waals surface area contributed by atoms with Gasteiger partial charge in [-0.25, -0.2) is 41.3 Å². The summed E-state index contributed by atoms with van der Waals surface area (Å²) in [6, 6.07) is 6.80. The molecule has 1 aromatic carbocycles. The second-order valence-corrected chi connectivity index (χ2v) is 14.7. The van der Waals surface area contributed by atoms with E-state index >= 15 is 4.39 Å². The molecule has 0 amide bonds. The van der Waals surface area contributed by atoms with Gasteiger partial charge in [-0.05, 0) is 37.5 Å². The molecule has 1 spiro atoms. The zero-order valence-electron chi connectivity index (χ0n) is 23.1. The third kappa shape index (κ3) is 4.56. The Balaban J connectivity index is 1.25. The number of sulfone groups is 1. The van der Waals surface area contributed by atoms with Crippen LogP contribution in [0.25, 0.3) is 22.1 Å². The van der Waals surface area contributed by atoms with Crippen molar-refractivity contribution >= 4 is 55.3 Å². The number of hydrogen-bond acceptors (Lipinski definition) is 9. The number of anilines is 1. The van der Waals surface area contributed by atoms with Gasteiger partial charge in [-0.1, -0.05) is 30.2 Å². The minimum absolute atomic E-state index is 0.00167. The quantitative estimate of drug-likeness (QED) is 0.274. The molecule has 2 aliphatic heterocycles. The van der Waals surface area contributed by atoms with Crippen molar-refractivity contribution in [3.63, 3.8) is 0 Å². The number of para-hydroxylation sites is 1. The van der Waals surface area contributed by atoms with Gasteiger partial charge < -0.3 is 19.2 Å². The summed E-state index contributed by atoms with van der Waals surface area (Å²) < 4.78 is 81.2. The fourth-order valence-electron chi connectivity index (χ4n) is 6.75. The molecule has 1 N–H and O–H groups in total. The Kier molecular flexibility index (Phi) is 6.74. The van der Waals surface area contributed by atoms with Gasteiger partial charge in [0.05, 0.1) is 27.6 Å². The first-order chi connectivity index (χ1) is 20.9. The van der Waals surface area contributed by atoms with Gasteiger partial charge in [0.15, 0.2) is 27.1 Å². The van der Waals surface area contributed by atoms with Crippen LogP contribution < -0.4 is 9.64 Å². The average molecular weight is 651 g/mol. The summed E-state index contributed by atoms with van der Waals surface area (Å²) in [6.45, 7) is -0.135. The summed E-state index contributed by atoms with van der Waals surface area (Å²) in [6.07, 6.45) is -1.89. The fraction of sp³-hybridized carbons (Fsp3) is 0.448. The lowest BCUT2D eigenvalue weighted by Gasteiger charge is -2.48. The van der Waals surface area contributed by atoms with Crippen molar-refractivity contribution in [2.45, 2.75) is 67.5 Å². The van der Waals surface area contributed by atoms with Gasteiger partial charge in [0, 0.05) is 24.4 Å². The minimum Gasteiger partial charge on any atom is -0.480 e. The van der Waals surface area contributed by atoms with E-state index in [1.165, 1.54) is 17.2 Å². The first-order valence-corrected chi connectivity index (χ1v) is 16.1. The molecular weight excluding hydrogens is 625 g/mol. The van der Waals surface area contributed by atoms with Gasteiger partial charge in [0.2, 0.25) is 5.88 Å². The second kappa shape index (κ2) is 10.2. The van der Waals surface area contributed by atoms with E-state index in [-0.39, 0.29) is 64.9 Å². The number of fused-ring (bicyclic) bond motifs is 3. The molecule has 0 radical (unpaired) electrons. The molecule has 1 aliphatic carbocycles. The SMILES string of the molecule is O=C(O)[C@@H]1C[C@H](Oc2ncc(Cl)cc2[C@]2(F)CCS(=O)(=O)C3(CCC3)C2)CN1c1nc(C(F)F)nc2c1oc1ccccc12. The normalized spacial score (nSPS) is 26.0. The summed E-state index contributed by atoms with van der Waals surface area (Å²) >= 11 is 6.21. The van der Waals surface area contributed by atoms with Crippen LogP contribution in [-0.4, -0.2) is 63.6 Å². The molecule has 5 heterocycles. The molecule has 44 heavy (non-hydrogen) atoms. The molecule has 3 aliphatic rings. The monoisotopic (exact) mass is 650 g/mol. The predicted molar refractivity (Wildman–Crippen MR) is 154 cm³/mol. The highest BCUT2D eigenvalue weighted by Crippen LogP contribution is 2.55.